The predicted molar refractivity (Wildman–Crippen MR) is 102 cm³/mol. The zero-order valence-electron chi connectivity index (χ0n) is 15.5. The summed E-state index contributed by atoms with van der Waals surface area (Å²) in [5.41, 5.74) is 1.57. The largest absolute Gasteiger partial charge is 0.493 e. The fourth-order valence-electron chi connectivity index (χ4n) is 2.50. The Kier molecular flexibility index (Phi) is 6.06. The Morgan fingerprint density at radius 2 is 1.93 bits per heavy atom. The molecule has 1 aliphatic rings. The zero-order chi connectivity index (χ0) is 19.9. The van der Waals surface area contributed by atoms with Gasteiger partial charge in [-0.15, -0.1) is 0 Å². The molecule has 7 nitrogen and oxygen atoms in total. The second kappa shape index (κ2) is 8.85. The maximum absolute atomic E-state index is 12.1. The fourth-order valence-corrected chi connectivity index (χ4v) is 2.50. The van der Waals surface area contributed by atoms with Crippen LogP contribution >= 0.6 is 0 Å². The van der Waals surface area contributed by atoms with Crippen molar-refractivity contribution in [3.63, 3.8) is 0 Å². The highest BCUT2D eigenvalue weighted by Gasteiger charge is 2.24. The van der Waals surface area contributed by atoms with Crippen LogP contribution in [-0.4, -0.2) is 38.2 Å². The van der Waals surface area contributed by atoms with E-state index in [9.17, 15) is 9.59 Å². The quantitative estimate of drug-likeness (QED) is 0.542. The van der Waals surface area contributed by atoms with Gasteiger partial charge in [0.15, 0.2) is 23.8 Å². The zero-order valence-corrected chi connectivity index (χ0v) is 15.5. The highest BCUT2D eigenvalue weighted by atomic mass is 16.6. The van der Waals surface area contributed by atoms with Gasteiger partial charge < -0.3 is 18.9 Å². The van der Waals surface area contributed by atoms with Gasteiger partial charge in [0.2, 0.25) is 5.90 Å². The van der Waals surface area contributed by atoms with E-state index in [1.54, 1.807) is 31.2 Å². The van der Waals surface area contributed by atoms with Crippen molar-refractivity contribution < 1.29 is 28.5 Å². The van der Waals surface area contributed by atoms with Crippen LogP contribution in [0.25, 0.3) is 6.08 Å². The number of carbonyl (C=O) groups is 2. The summed E-state index contributed by atoms with van der Waals surface area (Å²) in [6.07, 6.45) is 1.59. The average molecular weight is 381 g/mol. The number of methoxy groups -OCH3 is 1. The number of rotatable bonds is 7. The Labute approximate surface area is 162 Å². The highest BCUT2D eigenvalue weighted by Crippen LogP contribution is 2.29. The van der Waals surface area contributed by atoms with Gasteiger partial charge in [-0.2, -0.15) is 0 Å². The summed E-state index contributed by atoms with van der Waals surface area (Å²) in [4.78, 5) is 27.8. The molecule has 7 heteroatoms. The summed E-state index contributed by atoms with van der Waals surface area (Å²) >= 11 is 0. The molecule has 0 aliphatic carbocycles. The first kappa shape index (κ1) is 19.2. The van der Waals surface area contributed by atoms with Gasteiger partial charge in [-0.3, -0.25) is 0 Å². The van der Waals surface area contributed by atoms with Crippen LogP contribution in [0.4, 0.5) is 0 Å². The van der Waals surface area contributed by atoms with E-state index in [0.717, 1.165) is 5.56 Å². The lowest BCUT2D eigenvalue weighted by atomic mass is 10.1. The monoisotopic (exact) mass is 381 g/mol. The molecule has 0 saturated carbocycles. The molecule has 3 rings (SSSR count). The molecular formula is C21H19NO6. The number of benzene rings is 2. The molecule has 2 aromatic carbocycles. The number of esters is 2. The molecule has 1 heterocycles. The van der Waals surface area contributed by atoms with E-state index in [-0.39, 0.29) is 24.8 Å². The summed E-state index contributed by atoms with van der Waals surface area (Å²) < 4.78 is 20.8. The van der Waals surface area contributed by atoms with Gasteiger partial charge in [-0.1, -0.05) is 24.3 Å². The lowest BCUT2D eigenvalue weighted by Gasteiger charge is -2.10. The summed E-state index contributed by atoms with van der Waals surface area (Å²) in [5.74, 6) is 0.0725. The second-order valence-corrected chi connectivity index (χ2v) is 5.71. The molecule has 0 atom stereocenters. The first-order chi connectivity index (χ1) is 13.6. The Bertz CT molecular complexity index is 933. The van der Waals surface area contributed by atoms with Crippen molar-refractivity contribution in [1.82, 2.24) is 0 Å². The van der Waals surface area contributed by atoms with Crippen LogP contribution in [0, 0.1) is 0 Å². The molecular weight excluding hydrogens is 362 g/mol. The van der Waals surface area contributed by atoms with Crippen molar-refractivity contribution in [2.24, 2.45) is 4.99 Å². The SMILES string of the molecule is CCOC(=O)COc1ccc(/C=C2/N=C(c3ccccc3)OC2=O)cc1OC. The van der Waals surface area contributed by atoms with Crippen molar-refractivity contribution in [1.29, 1.82) is 0 Å². The van der Waals surface area contributed by atoms with Gasteiger partial charge in [-0.05, 0) is 42.8 Å². The minimum Gasteiger partial charge on any atom is -0.493 e. The molecule has 0 saturated heterocycles. The van der Waals surface area contributed by atoms with Gasteiger partial charge >= 0.3 is 11.9 Å². The Morgan fingerprint density at radius 3 is 2.64 bits per heavy atom. The third-order valence-electron chi connectivity index (χ3n) is 3.78. The van der Waals surface area contributed by atoms with Crippen molar-refractivity contribution in [3.8, 4) is 11.5 Å². The number of carbonyl (C=O) groups excluding carboxylic acids is 2. The molecule has 0 aromatic heterocycles. The summed E-state index contributed by atoms with van der Waals surface area (Å²) in [6, 6.07) is 14.2. The Morgan fingerprint density at radius 1 is 1.14 bits per heavy atom. The van der Waals surface area contributed by atoms with E-state index >= 15 is 0 Å². The van der Waals surface area contributed by atoms with Crippen LogP contribution < -0.4 is 9.47 Å². The summed E-state index contributed by atoms with van der Waals surface area (Å²) in [6.45, 7) is 1.79. The van der Waals surface area contributed by atoms with Crippen molar-refractivity contribution >= 4 is 23.9 Å². The molecule has 1 aliphatic heterocycles. The van der Waals surface area contributed by atoms with Crippen LogP contribution in [0.15, 0.2) is 59.2 Å². The molecule has 144 valence electrons. The van der Waals surface area contributed by atoms with Crippen molar-refractivity contribution in [2.45, 2.75) is 6.92 Å². The third-order valence-corrected chi connectivity index (χ3v) is 3.78. The van der Waals surface area contributed by atoms with E-state index < -0.39 is 11.9 Å². The Hall–Kier alpha value is -3.61. The van der Waals surface area contributed by atoms with E-state index in [1.165, 1.54) is 7.11 Å². The van der Waals surface area contributed by atoms with Gasteiger partial charge in [0.25, 0.3) is 0 Å². The lowest BCUT2D eigenvalue weighted by Crippen LogP contribution is -2.14. The molecule has 28 heavy (non-hydrogen) atoms. The number of cyclic esters (lactones) is 1. The molecule has 0 fully saturated rings. The van der Waals surface area contributed by atoms with E-state index in [4.69, 9.17) is 18.9 Å². The minimum absolute atomic E-state index is 0.182. The third kappa shape index (κ3) is 4.56. The molecule has 0 radical (unpaired) electrons. The number of hydrogen-bond donors (Lipinski definition) is 0. The number of ether oxygens (including phenoxy) is 4. The van der Waals surface area contributed by atoms with Crippen molar-refractivity contribution in [2.75, 3.05) is 20.3 Å². The highest BCUT2D eigenvalue weighted by molar-refractivity contribution is 6.12. The maximum atomic E-state index is 12.1. The number of aliphatic imine (C=N–C) groups is 1. The van der Waals surface area contributed by atoms with Crippen LogP contribution in [0.1, 0.15) is 18.1 Å². The minimum atomic E-state index is -0.527. The molecule has 0 amide bonds. The average Bonchev–Trinajstić information content (AvgIpc) is 3.08. The Balaban J connectivity index is 1.79. The van der Waals surface area contributed by atoms with Crippen LogP contribution in [0.3, 0.4) is 0 Å². The van der Waals surface area contributed by atoms with Gasteiger partial charge in [0.05, 0.1) is 13.7 Å². The molecule has 0 spiro atoms. The number of hydrogen-bond acceptors (Lipinski definition) is 7. The van der Waals surface area contributed by atoms with Crippen LogP contribution in [0.5, 0.6) is 11.5 Å². The topological polar surface area (TPSA) is 83.4 Å². The van der Waals surface area contributed by atoms with E-state index in [1.807, 2.05) is 30.3 Å². The molecule has 0 bridgehead atoms. The first-order valence-corrected chi connectivity index (χ1v) is 8.65. The summed E-state index contributed by atoms with van der Waals surface area (Å²) in [7, 11) is 1.49. The fraction of sp³-hybridized carbons (Fsp3) is 0.190. The predicted octanol–water partition coefficient (Wildman–Crippen LogP) is 2.98. The molecule has 0 unspecified atom stereocenters. The molecule has 0 N–H and O–H groups in total. The van der Waals surface area contributed by atoms with E-state index in [0.29, 0.717) is 17.1 Å². The van der Waals surface area contributed by atoms with E-state index in [2.05, 4.69) is 4.99 Å². The van der Waals surface area contributed by atoms with Crippen LogP contribution in [0.2, 0.25) is 0 Å². The second-order valence-electron chi connectivity index (χ2n) is 5.71. The first-order valence-electron chi connectivity index (χ1n) is 8.65. The van der Waals surface area contributed by atoms with Crippen molar-refractivity contribution in [3.05, 3.63) is 65.4 Å². The summed E-state index contributed by atoms with van der Waals surface area (Å²) in [5, 5.41) is 0. The van der Waals surface area contributed by atoms with Gasteiger partial charge in [0, 0.05) is 5.56 Å². The van der Waals surface area contributed by atoms with Gasteiger partial charge in [-0.25, -0.2) is 14.6 Å². The van der Waals surface area contributed by atoms with Crippen LogP contribution in [-0.2, 0) is 19.1 Å². The van der Waals surface area contributed by atoms with Gasteiger partial charge in [0.1, 0.15) is 0 Å². The normalized spacial score (nSPS) is 14.4. The maximum Gasteiger partial charge on any atom is 0.363 e. The number of nitrogens with zero attached hydrogens (tertiary/aromatic N) is 1. The standard InChI is InChI=1S/C21H19NO6/c1-3-26-19(23)13-27-17-10-9-14(12-18(17)25-2)11-16-21(24)28-20(22-16)15-7-5-4-6-8-15/h4-12H,3,13H2,1-2H3/b16-11+. The smallest absolute Gasteiger partial charge is 0.363 e. The molecule has 2 aromatic rings. The lowest BCUT2D eigenvalue weighted by molar-refractivity contribution is -0.145.